The first kappa shape index (κ1) is 21.6. The van der Waals surface area contributed by atoms with E-state index >= 15 is 0 Å². The van der Waals surface area contributed by atoms with E-state index in [9.17, 15) is 14.5 Å². The van der Waals surface area contributed by atoms with E-state index in [-0.39, 0.29) is 17.0 Å². The van der Waals surface area contributed by atoms with Crippen LogP contribution in [0.25, 0.3) is 22.4 Å². The average molecular weight is 431 g/mol. The van der Waals surface area contributed by atoms with Gasteiger partial charge in [-0.1, -0.05) is 26.8 Å². The number of fused-ring (bicyclic) bond motifs is 3. The highest BCUT2D eigenvalue weighted by Crippen LogP contribution is 2.45. The molecule has 2 aromatic heterocycles. The number of rotatable bonds is 3. The molecule has 1 aromatic carbocycles. The molecule has 7 nitrogen and oxygen atoms in total. The monoisotopic (exact) mass is 431 g/mol. The SMILES string of the molecule is COc1cc2c(cc1-c1ccc(C)nc1)CC(C(C)(C)C)n1cc(C(=O)N=O)c(=O)cc1-2. The summed E-state index contributed by atoms with van der Waals surface area (Å²) in [7, 11) is 1.61. The minimum Gasteiger partial charge on any atom is -0.496 e. The molecule has 4 rings (SSSR count). The van der Waals surface area contributed by atoms with Crippen LogP contribution in [0.2, 0.25) is 0 Å². The molecule has 1 atom stereocenters. The summed E-state index contributed by atoms with van der Waals surface area (Å²) in [4.78, 5) is 39.8. The highest BCUT2D eigenvalue weighted by Gasteiger charge is 2.34. The number of aryl methyl sites for hydroxylation is 1. The van der Waals surface area contributed by atoms with Crippen molar-refractivity contribution in [3.8, 4) is 28.1 Å². The smallest absolute Gasteiger partial charge is 0.322 e. The van der Waals surface area contributed by atoms with E-state index in [0.29, 0.717) is 17.9 Å². The second-order valence-corrected chi connectivity index (χ2v) is 9.22. The lowest BCUT2D eigenvalue weighted by atomic mass is 9.78. The predicted octanol–water partition coefficient (Wildman–Crippen LogP) is 4.94. The molecule has 1 amide bonds. The molecule has 0 saturated carbocycles. The van der Waals surface area contributed by atoms with Gasteiger partial charge >= 0.3 is 5.91 Å². The van der Waals surface area contributed by atoms with Crippen LogP contribution in [0.5, 0.6) is 5.75 Å². The van der Waals surface area contributed by atoms with Crippen LogP contribution in [0.15, 0.2) is 52.7 Å². The maximum atomic E-state index is 12.7. The van der Waals surface area contributed by atoms with Crippen LogP contribution in [0.3, 0.4) is 0 Å². The third-order valence-corrected chi connectivity index (χ3v) is 6.07. The lowest BCUT2D eigenvalue weighted by molar-refractivity contribution is 0.0998. The van der Waals surface area contributed by atoms with Gasteiger partial charge in [-0.3, -0.25) is 14.6 Å². The highest BCUT2D eigenvalue weighted by atomic mass is 16.5. The Labute approximate surface area is 186 Å². The molecule has 0 saturated heterocycles. The molecular formula is C25H25N3O4. The van der Waals surface area contributed by atoms with Crippen molar-refractivity contribution in [3.63, 3.8) is 0 Å². The van der Waals surface area contributed by atoms with Crippen LogP contribution in [-0.2, 0) is 6.42 Å². The normalized spacial score (nSPS) is 15.0. The minimum absolute atomic E-state index is 0.0406. The Morgan fingerprint density at radius 2 is 1.94 bits per heavy atom. The zero-order valence-corrected chi connectivity index (χ0v) is 18.8. The molecule has 0 N–H and O–H groups in total. The van der Waals surface area contributed by atoms with Crippen LogP contribution >= 0.6 is 0 Å². The second kappa shape index (κ2) is 7.82. The predicted molar refractivity (Wildman–Crippen MR) is 123 cm³/mol. The summed E-state index contributed by atoms with van der Waals surface area (Å²) < 4.78 is 7.61. The van der Waals surface area contributed by atoms with Gasteiger partial charge in [0.25, 0.3) is 0 Å². The number of carbonyl (C=O) groups excluding carboxylic acids is 1. The number of hydrogen-bond donors (Lipinski definition) is 0. The van der Waals surface area contributed by atoms with Gasteiger partial charge in [0.2, 0.25) is 0 Å². The number of aromatic nitrogens is 2. The van der Waals surface area contributed by atoms with Gasteiger partial charge in [0.05, 0.1) is 12.8 Å². The van der Waals surface area contributed by atoms with Crippen LogP contribution in [0.1, 0.15) is 48.4 Å². The summed E-state index contributed by atoms with van der Waals surface area (Å²) in [6.45, 7) is 8.27. The summed E-state index contributed by atoms with van der Waals surface area (Å²) in [6, 6.07) is 9.37. The van der Waals surface area contributed by atoms with Gasteiger partial charge < -0.3 is 9.30 Å². The van der Waals surface area contributed by atoms with E-state index in [2.05, 4.69) is 37.0 Å². The third kappa shape index (κ3) is 3.64. The minimum atomic E-state index is -1.05. The first-order chi connectivity index (χ1) is 15.1. The van der Waals surface area contributed by atoms with Gasteiger partial charge in [-0.25, -0.2) is 0 Å². The number of ether oxygens (including phenoxy) is 1. The molecule has 0 spiro atoms. The zero-order chi connectivity index (χ0) is 23.2. The standard InChI is InChI=1S/C25H25N3O4/c1-14-6-7-15(12-26-14)18-8-16-9-23(25(2,3)4)28-13-19(24(30)27-31)21(29)11-20(28)17(16)10-22(18)32-5/h6-8,10-13,23H,9H2,1-5H3. The van der Waals surface area contributed by atoms with Gasteiger partial charge in [0, 0.05) is 52.1 Å². The number of amides is 1. The quantitative estimate of drug-likeness (QED) is 0.548. The van der Waals surface area contributed by atoms with Gasteiger partial charge in [0.15, 0.2) is 5.43 Å². The van der Waals surface area contributed by atoms with E-state index < -0.39 is 11.3 Å². The van der Waals surface area contributed by atoms with Gasteiger partial charge in [0.1, 0.15) is 11.3 Å². The van der Waals surface area contributed by atoms with Crippen molar-refractivity contribution in [1.82, 2.24) is 9.55 Å². The second-order valence-electron chi connectivity index (χ2n) is 9.22. The number of nitroso groups, excluding NO2 is 1. The summed E-state index contributed by atoms with van der Waals surface area (Å²) in [6.07, 6.45) is 3.99. The fraction of sp³-hybridized carbons (Fsp3) is 0.320. The van der Waals surface area contributed by atoms with Crippen molar-refractivity contribution in [2.75, 3.05) is 7.11 Å². The van der Waals surface area contributed by atoms with Crippen LogP contribution in [0, 0.1) is 17.2 Å². The van der Waals surface area contributed by atoms with E-state index in [1.807, 2.05) is 35.9 Å². The van der Waals surface area contributed by atoms with E-state index in [1.165, 1.54) is 12.3 Å². The third-order valence-electron chi connectivity index (χ3n) is 6.07. The molecule has 164 valence electrons. The Bertz CT molecular complexity index is 1280. The fourth-order valence-electron chi connectivity index (χ4n) is 4.32. The Balaban J connectivity index is 1.98. The van der Waals surface area contributed by atoms with Crippen molar-refractivity contribution in [1.29, 1.82) is 0 Å². The van der Waals surface area contributed by atoms with Crippen LogP contribution in [0.4, 0.5) is 0 Å². The number of methoxy groups -OCH3 is 1. The Kier molecular flexibility index (Phi) is 5.28. The average Bonchev–Trinajstić information content (AvgIpc) is 2.76. The molecule has 32 heavy (non-hydrogen) atoms. The summed E-state index contributed by atoms with van der Waals surface area (Å²) >= 11 is 0. The lowest BCUT2D eigenvalue weighted by Gasteiger charge is -2.39. The van der Waals surface area contributed by atoms with Crippen molar-refractivity contribution in [2.24, 2.45) is 10.6 Å². The topological polar surface area (TPSA) is 90.6 Å². The molecule has 1 unspecified atom stereocenters. The largest absolute Gasteiger partial charge is 0.496 e. The van der Waals surface area contributed by atoms with Crippen molar-refractivity contribution in [3.05, 3.63) is 74.7 Å². The molecular weight excluding hydrogens is 406 g/mol. The van der Waals surface area contributed by atoms with Crippen molar-refractivity contribution in [2.45, 2.75) is 40.2 Å². The zero-order valence-electron chi connectivity index (χ0n) is 18.8. The van der Waals surface area contributed by atoms with Crippen LogP contribution < -0.4 is 10.2 Å². The fourth-order valence-corrected chi connectivity index (χ4v) is 4.32. The Morgan fingerprint density at radius 3 is 2.53 bits per heavy atom. The maximum Gasteiger partial charge on any atom is 0.322 e. The van der Waals surface area contributed by atoms with Crippen molar-refractivity contribution >= 4 is 5.91 Å². The van der Waals surface area contributed by atoms with Gasteiger partial charge in [-0.15, -0.1) is 4.91 Å². The molecule has 3 aromatic rings. The van der Waals surface area contributed by atoms with E-state index in [0.717, 1.165) is 27.9 Å². The van der Waals surface area contributed by atoms with Gasteiger partial charge in [-0.05, 0) is 42.5 Å². The summed E-state index contributed by atoms with van der Waals surface area (Å²) in [5.74, 6) is -0.388. The lowest BCUT2D eigenvalue weighted by Crippen LogP contribution is -2.32. The summed E-state index contributed by atoms with van der Waals surface area (Å²) in [5, 5.41) is 2.45. The van der Waals surface area contributed by atoms with Crippen molar-refractivity contribution < 1.29 is 9.53 Å². The van der Waals surface area contributed by atoms with Gasteiger partial charge in [-0.2, -0.15) is 0 Å². The molecule has 0 fully saturated rings. The first-order valence-corrected chi connectivity index (χ1v) is 10.4. The maximum absolute atomic E-state index is 12.7. The molecule has 0 bridgehead atoms. The highest BCUT2D eigenvalue weighted by molar-refractivity contribution is 5.94. The summed E-state index contributed by atoms with van der Waals surface area (Å²) in [5.41, 5.74) is 4.52. The van der Waals surface area contributed by atoms with E-state index in [1.54, 1.807) is 7.11 Å². The molecule has 3 heterocycles. The Hall–Kier alpha value is -3.61. The number of pyridine rings is 2. The molecule has 7 heteroatoms. The van der Waals surface area contributed by atoms with E-state index in [4.69, 9.17) is 4.74 Å². The molecule has 0 radical (unpaired) electrons. The number of benzene rings is 1. The first-order valence-electron chi connectivity index (χ1n) is 10.4. The van der Waals surface area contributed by atoms with Crippen LogP contribution in [-0.4, -0.2) is 22.6 Å². The molecule has 0 aliphatic carbocycles. The number of hydrogen-bond acceptors (Lipinski definition) is 5. The Morgan fingerprint density at radius 1 is 1.19 bits per heavy atom. The number of carbonyl (C=O) groups is 1. The molecule has 1 aliphatic rings. The molecule has 1 aliphatic heterocycles. The number of nitrogens with zero attached hydrogens (tertiary/aromatic N) is 3.